The highest BCUT2D eigenvalue weighted by molar-refractivity contribution is 5.83. The van der Waals surface area contributed by atoms with Gasteiger partial charge in [0.15, 0.2) is 11.5 Å². The van der Waals surface area contributed by atoms with Gasteiger partial charge in [0.1, 0.15) is 0 Å². The third-order valence-electron chi connectivity index (χ3n) is 7.61. The zero-order valence-corrected chi connectivity index (χ0v) is 20.2. The number of rotatable bonds is 7. The Labute approximate surface area is 197 Å². The molecule has 0 saturated carbocycles. The Morgan fingerprint density at radius 3 is 2.58 bits per heavy atom. The zero-order valence-electron chi connectivity index (χ0n) is 20.2. The molecule has 0 N–H and O–H groups in total. The highest BCUT2D eigenvalue weighted by atomic mass is 16.5. The fraction of sp³-hybridized carbons (Fsp3) is 0.500. The van der Waals surface area contributed by atoms with Crippen molar-refractivity contribution in [2.45, 2.75) is 38.1 Å². The predicted molar refractivity (Wildman–Crippen MR) is 132 cm³/mol. The number of hydrogen-bond donors (Lipinski definition) is 0. The van der Waals surface area contributed by atoms with Gasteiger partial charge in [-0.3, -0.25) is 4.90 Å². The van der Waals surface area contributed by atoms with E-state index < -0.39 is 0 Å². The van der Waals surface area contributed by atoms with Gasteiger partial charge in [-0.1, -0.05) is 18.2 Å². The van der Waals surface area contributed by atoms with Crippen molar-refractivity contribution in [2.24, 2.45) is 13.0 Å². The van der Waals surface area contributed by atoms with Crippen molar-refractivity contribution in [3.05, 3.63) is 59.3 Å². The van der Waals surface area contributed by atoms with Crippen LogP contribution < -0.4 is 9.47 Å². The first kappa shape index (κ1) is 22.3. The monoisotopic (exact) mass is 448 g/mol. The van der Waals surface area contributed by atoms with Gasteiger partial charge in [-0.2, -0.15) is 0 Å². The van der Waals surface area contributed by atoms with Crippen LogP contribution in [0.2, 0.25) is 0 Å². The lowest BCUT2D eigenvalue weighted by atomic mass is 9.87. The zero-order chi connectivity index (χ0) is 22.8. The number of para-hydroxylation sites is 1. The highest BCUT2D eigenvalue weighted by Gasteiger charge is 2.31. The lowest BCUT2D eigenvalue weighted by molar-refractivity contribution is 0.0423. The van der Waals surface area contributed by atoms with Gasteiger partial charge in [0.2, 0.25) is 0 Å². The maximum Gasteiger partial charge on any atom is 0.161 e. The Bertz CT molecular complexity index is 1100. The van der Waals surface area contributed by atoms with E-state index in [9.17, 15) is 0 Å². The van der Waals surface area contributed by atoms with Gasteiger partial charge < -0.3 is 18.8 Å². The van der Waals surface area contributed by atoms with E-state index in [4.69, 9.17) is 14.2 Å². The summed E-state index contributed by atoms with van der Waals surface area (Å²) in [5.74, 6) is 2.39. The summed E-state index contributed by atoms with van der Waals surface area (Å²) >= 11 is 0. The van der Waals surface area contributed by atoms with Crippen LogP contribution >= 0.6 is 0 Å². The molecule has 33 heavy (non-hydrogen) atoms. The average molecular weight is 449 g/mol. The van der Waals surface area contributed by atoms with Gasteiger partial charge in [-0.15, -0.1) is 0 Å². The second kappa shape index (κ2) is 9.78. The first-order valence-electron chi connectivity index (χ1n) is 12.3. The van der Waals surface area contributed by atoms with E-state index in [0.29, 0.717) is 6.04 Å². The van der Waals surface area contributed by atoms with Crippen LogP contribution in [0.5, 0.6) is 11.5 Å². The van der Waals surface area contributed by atoms with Crippen LogP contribution in [0, 0.1) is 5.92 Å². The molecule has 3 aromatic rings. The molecule has 5 heteroatoms. The van der Waals surface area contributed by atoms with E-state index >= 15 is 0 Å². The molecule has 5 rings (SSSR count). The molecule has 176 valence electrons. The van der Waals surface area contributed by atoms with Gasteiger partial charge in [0.25, 0.3) is 0 Å². The van der Waals surface area contributed by atoms with Crippen LogP contribution in [0.15, 0.2) is 42.6 Å². The largest absolute Gasteiger partial charge is 0.493 e. The molecule has 2 aliphatic rings. The smallest absolute Gasteiger partial charge is 0.161 e. The maximum atomic E-state index is 5.70. The van der Waals surface area contributed by atoms with E-state index in [2.05, 4.69) is 59.1 Å². The molecule has 0 amide bonds. The third kappa shape index (κ3) is 4.49. The van der Waals surface area contributed by atoms with Crippen molar-refractivity contribution in [1.82, 2.24) is 9.47 Å². The molecular formula is C28H36N2O3. The number of aromatic nitrogens is 1. The summed E-state index contributed by atoms with van der Waals surface area (Å²) in [4.78, 5) is 2.73. The SMILES string of the molecule is COc1cc2c(cc1OC)C(CCc1cn(C)c3ccccc13)N(CC1CCOCC1)CC2. The minimum Gasteiger partial charge on any atom is -0.493 e. The molecule has 2 aromatic carbocycles. The fourth-order valence-corrected chi connectivity index (χ4v) is 5.81. The topological polar surface area (TPSA) is 35.9 Å². The first-order chi connectivity index (χ1) is 16.2. The number of fused-ring (bicyclic) bond motifs is 2. The summed E-state index contributed by atoms with van der Waals surface area (Å²) < 4.78 is 19.2. The minimum absolute atomic E-state index is 0.385. The van der Waals surface area contributed by atoms with Crippen LogP contribution in [-0.2, 0) is 24.6 Å². The Hall–Kier alpha value is -2.50. The standard InChI is InChI=1S/C28H36N2O3/c1-29-19-22(23-6-4-5-7-25(23)29)8-9-26-24-17-28(32-3)27(31-2)16-21(24)10-13-30(26)18-20-11-14-33-15-12-20/h4-7,16-17,19-20,26H,8-15,18H2,1-3H3. The fourth-order valence-electron chi connectivity index (χ4n) is 5.81. The van der Waals surface area contributed by atoms with Crippen LogP contribution in [0.1, 0.15) is 42.0 Å². The number of ether oxygens (including phenoxy) is 3. The highest BCUT2D eigenvalue weighted by Crippen LogP contribution is 2.41. The van der Waals surface area contributed by atoms with E-state index in [1.54, 1.807) is 14.2 Å². The summed E-state index contributed by atoms with van der Waals surface area (Å²) in [5.41, 5.74) is 5.55. The molecule has 5 nitrogen and oxygen atoms in total. The Balaban J connectivity index is 1.45. The van der Waals surface area contributed by atoms with Crippen LogP contribution in [-0.4, -0.2) is 50.0 Å². The molecule has 2 aliphatic heterocycles. The van der Waals surface area contributed by atoms with E-state index in [0.717, 1.165) is 63.0 Å². The van der Waals surface area contributed by atoms with Gasteiger partial charge in [0.05, 0.1) is 14.2 Å². The molecule has 0 bridgehead atoms. The number of nitrogens with zero attached hydrogens (tertiary/aromatic N) is 2. The molecule has 1 fully saturated rings. The lowest BCUT2D eigenvalue weighted by Crippen LogP contribution is -2.40. The summed E-state index contributed by atoms with van der Waals surface area (Å²) in [7, 11) is 5.61. The van der Waals surface area contributed by atoms with E-state index in [1.807, 2.05) is 0 Å². The first-order valence-corrected chi connectivity index (χ1v) is 12.3. The van der Waals surface area contributed by atoms with Gasteiger partial charge >= 0.3 is 0 Å². The molecule has 0 aliphatic carbocycles. The second-order valence-electron chi connectivity index (χ2n) is 9.54. The molecule has 1 aromatic heterocycles. The quantitative estimate of drug-likeness (QED) is 0.501. The van der Waals surface area contributed by atoms with Gasteiger partial charge in [-0.05, 0) is 72.9 Å². The Morgan fingerprint density at radius 2 is 1.79 bits per heavy atom. The van der Waals surface area contributed by atoms with Crippen molar-refractivity contribution in [3.63, 3.8) is 0 Å². The molecule has 1 unspecified atom stereocenters. The number of hydrogen-bond acceptors (Lipinski definition) is 4. The molecule has 1 atom stereocenters. The summed E-state index contributed by atoms with van der Waals surface area (Å²) in [5, 5.41) is 1.37. The molecule has 0 radical (unpaired) electrons. The van der Waals surface area contributed by atoms with E-state index in [-0.39, 0.29) is 0 Å². The molecule has 0 spiro atoms. The lowest BCUT2D eigenvalue weighted by Gasteiger charge is -2.40. The average Bonchev–Trinajstić information content (AvgIpc) is 3.18. The number of methoxy groups -OCH3 is 2. The van der Waals surface area contributed by atoms with Gasteiger partial charge in [-0.25, -0.2) is 0 Å². The Morgan fingerprint density at radius 1 is 1.03 bits per heavy atom. The van der Waals surface area contributed by atoms with Crippen molar-refractivity contribution in [1.29, 1.82) is 0 Å². The molecular weight excluding hydrogens is 412 g/mol. The minimum atomic E-state index is 0.385. The normalized spacial score (nSPS) is 19.5. The van der Waals surface area contributed by atoms with Crippen molar-refractivity contribution in [2.75, 3.05) is 40.5 Å². The van der Waals surface area contributed by atoms with Crippen molar-refractivity contribution >= 4 is 10.9 Å². The summed E-state index contributed by atoms with van der Waals surface area (Å²) in [6.45, 7) is 4.05. The van der Waals surface area contributed by atoms with E-state index in [1.165, 1.54) is 40.4 Å². The third-order valence-corrected chi connectivity index (χ3v) is 7.61. The maximum absolute atomic E-state index is 5.70. The van der Waals surface area contributed by atoms with Crippen molar-refractivity contribution in [3.8, 4) is 11.5 Å². The number of aryl methyl sites for hydroxylation is 2. The summed E-state index contributed by atoms with van der Waals surface area (Å²) in [6.07, 6.45) is 7.87. The second-order valence-corrected chi connectivity index (χ2v) is 9.54. The summed E-state index contributed by atoms with van der Waals surface area (Å²) in [6, 6.07) is 13.6. The van der Waals surface area contributed by atoms with Gasteiger partial charge in [0, 0.05) is 56.5 Å². The van der Waals surface area contributed by atoms with Crippen LogP contribution in [0.4, 0.5) is 0 Å². The molecule has 1 saturated heterocycles. The van der Waals surface area contributed by atoms with Crippen LogP contribution in [0.3, 0.4) is 0 Å². The van der Waals surface area contributed by atoms with Crippen LogP contribution in [0.25, 0.3) is 10.9 Å². The number of benzene rings is 2. The Kier molecular flexibility index (Phi) is 6.61. The molecule has 3 heterocycles. The predicted octanol–water partition coefficient (Wildman–Crippen LogP) is 5.15. The van der Waals surface area contributed by atoms with Crippen molar-refractivity contribution < 1.29 is 14.2 Å².